The van der Waals surface area contributed by atoms with E-state index in [1.807, 2.05) is 13.8 Å². The van der Waals surface area contributed by atoms with Gasteiger partial charge in [-0.2, -0.15) is 0 Å². The molecule has 96 valence electrons. The number of carbonyl (C=O) groups is 1. The topological polar surface area (TPSA) is 72.5 Å². The SMILES string of the molecule is COC(=O)[C@@H](NC(C)CS(C)(=O)=O)C(C)C. The quantitative estimate of drug-likeness (QED) is 0.683. The average molecular weight is 251 g/mol. The largest absolute Gasteiger partial charge is 0.468 e. The minimum absolute atomic E-state index is 0.00716. The third-order valence-corrected chi connectivity index (χ3v) is 3.24. The molecule has 0 heterocycles. The highest BCUT2D eigenvalue weighted by atomic mass is 32.2. The third kappa shape index (κ3) is 6.07. The Kier molecular flexibility index (Phi) is 5.96. The second-order valence-corrected chi connectivity index (χ2v) is 6.59. The highest BCUT2D eigenvalue weighted by molar-refractivity contribution is 7.90. The van der Waals surface area contributed by atoms with Crippen molar-refractivity contribution < 1.29 is 17.9 Å². The van der Waals surface area contributed by atoms with Crippen LogP contribution in [-0.4, -0.2) is 45.6 Å². The molecule has 0 aromatic heterocycles. The van der Waals surface area contributed by atoms with Crippen molar-refractivity contribution in [1.29, 1.82) is 0 Å². The molecule has 0 radical (unpaired) electrons. The monoisotopic (exact) mass is 251 g/mol. The number of hydrogen-bond donors (Lipinski definition) is 1. The van der Waals surface area contributed by atoms with Crippen molar-refractivity contribution >= 4 is 15.8 Å². The summed E-state index contributed by atoms with van der Waals surface area (Å²) in [6.45, 7) is 5.49. The first kappa shape index (κ1) is 15.4. The van der Waals surface area contributed by atoms with E-state index in [0.29, 0.717) is 0 Å². The molecule has 0 bridgehead atoms. The minimum Gasteiger partial charge on any atom is -0.468 e. The van der Waals surface area contributed by atoms with Crippen LogP contribution in [0.3, 0.4) is 0 Å². The van der Waals surface area contributed by atoms with Gasteiger partial charge in [0, 0.05) is 12.3 Å². The highest BCUT2D eigenvalue weighted by Crippen LogP contribution is 2.05. The van der Waals surface area contributed by atoms with Gasteiger partial charge in [0.15, 0.2) is 0 Å². The summed E-state index contributed by atoms with van der Waals surface area (Å²) in [5.41, 5.74) is 0. The Balaban J connectivity index is 4.47. The van der Waals surface area contributed by atoms with Crippen LogP contribution in [0.5, 0.6) is 0 Å². The first-order chi connectivity index (χ1) is 7.17. The van der Waals surface area contributed by atoms with E-state index in [1.54, 1.807) is 6.92 Å². The van der Waals surface area contributed by atoms with E-state index >= 15 is 0 Å². The lowest BCUT2D eigenvalue weighted by atomic mass is 10.0. The van der Waals surface area contributed by atoms with Gasteiger partial charge in [-0.25, -0.2) is 8.42 Å². The van der Waals surface area contributed by atoms with Crippen molar-refractivity contribution in [3.05, 3.63) is 0 Å². The zero-order valence-corrected chi connectivity index (χ0v) is 11.3. The summed E-state index contributed by atoms with van der Waals surface area (Å²) < 4.78 is 26.8. The summed E-state index contributed by atoms with van der Waals surface area (Å²) in [6.07, 6.45) is 1.17. The summed E-state index contributed by atoms with van der Waals surface area (Å²) in [6, 6.07) is -0.747. The van der Waals surface area contributed by atoms with Crippen molar-refractivity contribution in [1.82, 2.24) is 5.32 Å². The zero-order chi connectivity index (χ0) is 12.9. The van der Waals surface area contributed by atoms with Crippen LogP contribution in [0.1, 0.15) is 20.8 Å². The van der Waals surface area contributed by atoms with E-state index in [0.717, 1.165) is 0 Å². The highest BCUT2D eigenvalue weighted by Gasteiger charge is 2.25. The van der Waals surface area contributed by atoms with Gasteiger partial charge in [0.1, 0.15) is 15.9 Å². The number of esters is 1. The van der Waals surface area contributed by atoms with Crippen LogP contribution in [0.4, 0.5) is 0 Å². The first-order valence-electron chi connectivity index (χ1n) is 5.19. The normalized spacial score (nSPS) is 15.9. The van der Waals surface area contributed by atoms with Crippen LogP contribution in [-0.2, 0) is 19.4 Å². The fourth-order valence-corrected chi connectivity index (χ4v) is 2.47. The zero-order valence-electron chi connectivity index (χ0n) is 10.5. The van der Waals surface area contributed by atoms with Crippen molar-refractivity contribution in [2.45, 2.75) is 32.9 Å². The number of ether oxygens (including phenoxy) is 1. The summed E-state index contributed by atoms with van der Waals surface area (Å²) in [7, 11) is -1.72. The fraction of sp³-hybridized carbons (Fsp3) is 0.900. The number of methoxy groups -OCH3 is 1. The van der Waals surface area contributed by atoms with E-state index in [4.69, 9.17) is 0 Å². The van der Waals surface area contributed by atoms with Crippen molar-refractivity contribution in [2.24, 2.45) is 5.92 Å². The summed E-state index contributed by atoms with van der Waals surface area (Å²) in [4.78, 5) is 11.4. The number of rotatable bonds is 6. The smallest absolute Gasteiger partial charge is 0.323 e. The standard InChI is InChI=1S/C10H21NO4S/c1-7(2)9(10(12)15-4)11-8(3)6-16(5,13)14/h7-9,11H,6H2,1-5H3/t8?,9-/m0/s1. The molecular formula is C10H21NO4S. The summed E-state index contributed by atoms with van der Waals surface area (Å²) in [5, 5.41) is 2.97. The van der Waals surface area contributed by atoms with Crippen LogP contribution in [0, 0.1) is 5.92 Å². The molecule has 1 N–H and O–H groups in total. The van der Waals surface area contributed by atoms with Gasteiger partial charge in [-0.1, -0.05) is 13.8 Å². The predicted molar refractivity (Wildman–Crippen MR) is 63.0 cm³/mol. The van der Waals surface area contributed by atoms with Crippen LogP contribution in [0.15, 0.2) is 0 Å². The number of carbonyl (C=O) groups excluding carboxylic acids is 1. The molecular weight excluding hydrogens is 230 g/mol. The summed E-state index contributed by atoms with van der Waals surface area (Å²) in [5.74, 6) is -0.308. The fourth-order valence-electron chi connectivity index (χ4n) is 1.47. The molecule has 0 amide bonds. The minimum atomic E-state index is -3.04. The maximum Gasteiger partial charge on any atom is 0.323 e. The van der Waals surface area contributed by atoms with Gasteiger partial charge >= 0.3 is 5.97 Å². The Morgan fingerprint density at radius 1 is 1.31 bits per heavy atom. The Bertz CT molecular complexity index is 324. The maximum absolute atomic E-state index is 11.4. The van der Waals surface area contributed by atoms with E-state index in [-0.39, 0.29) is 23.7 Å². The third-order valence-electron chi connectivity index (χ3n) is 2.14. The molecule has 2 atom stereocenters. The molecule has 0 rings (SSSR count). The van der Waals surface area contributed by atoms with Gasteiger partial charge in [0.25, 0.3) is 0 Å². The van der Waals surface area contributed by atoms with Gasteiger partial charge in [0.2, 0.25) is 0 Å². The Labute approximate surface area is 97.5 Å². The molecule has 0 spiro atoms. The van der Waals surface area contributed by atoms with E-state index < -0.39 is 15.9 Å². The lowest BCUT2D eigenvalue weighted by Crippen LogP contribution is -2.48. The number of hydrogen-bond acceptors (Lipinski definition) is 5. The first-order valence-corrected chi connectivity index (χ1v) is 7.25. The summed E-state index contributed by atoms with van der Waals surface area (Å²) >= 11 is 0. The lowest BCUT2D eigenvalue weighted by Gasteiger charge is -2.23. The lowest BCUT2D eigenvalue weighted by molar-refractivity contribution is -0.144. The molecule has 5 nitrogen and oxygen atoms in total. The number of nitrogens with one attached hydrogen (secondary N) is 1. The van der Waals surface area contributed by atoms with Gasteiger partial charge in [0.05, 0.1) is 12.9 Å². The molecule has 1 unspecified atom stereocenters. The van der Waals surface area contributed by atoms with Gasteiger partial charge in [-0.15, -0.1) is 0 Å². The van der Waals surface area contributed by atoms with Gasteiger partial charge < -0.3 is 10.1 Å². The molecule has 0 saturated carbocycles. The van der Waals surface area contributed by atoms with E-state index in [1.165, 1.54) is 13.4 Å². The number of sulfone groups is 1. The molecule has 0 aliphatic carbocycles. The molecule has 0 fully saturated rings. The second kappa shape index (κ2) is 6.20. The van der Waals surface area contributed by atoms with E-state index in [9.17, 15) is 13.2 Å². The Morgan fingerprint density at radius 3 is 2.12 bits per heavy atom. The van der Waals surface area contributed by atoms with Crippen LogP contribution in [0.2, 0.25) is 0 Å². The van der Waals surface area contributed by atoms with Crippen LogP contribution in [0.25, 0.3) is 0 Å². The Hall–Kier alpha value is -0.620. The van der Waals surface area contributed by atoms with Gasteiger partial charge in [-0.3, -0.25) is 4.79 Å². The van der Waals surface area contributed by atoms with Crippen molar-refractivity contribution in [3.8, 4) is 0 Å². The molecule has 16 heavy (non-hydrogen) atoms. The van der Waals surface area contributed by atoms with Crippen LogP contribution < -0.4 is 5.32 Å². The maximum atomic E-state index is 11.4. The molecule has 0 aromatic carbocycles. The molecule has 0 aromatic rings. The van der Waals surface area contributed by atoms with Crippen LogP contribution >= 0.6 is 0 Å². The van der Waals surface area contributed by atoms with Crippen molar-refractivity contribution in [3.63, 3.8) is 0 Å². The predicted octanol–water partition coefficient (Wildman–Crippen LogP) is 0.207. The molecule has 0 aliphatic rings. The van der Waals surface area contributed by atoms with Gasteiger partial charge in [-0.05, 0) is 12.8 Å². The second-order valence-electron chi connectivity index (χ2n) is 4.40. The average Bonchev–Trinajstić information content (AvgIpc) is 2.09. The molecule has 0 saturated heterocycles. The van der Waals surface area contributed by atoms with E-state index in [2.05, 4.69) is 10.1 Å². The molecule has 6 heteroatoms. The Morgan fingerprint density at radius 2 is 1.81 bits per heavy atom. The van der Waals surface area contributed by atoms with Crippen molar-refractivity contribution in [2.75, 3.05) is 19.1 Å². The molecule has 0 aliphatic heterocycles.